The minimum absolute atomic E-state index is 0.311. The summed E-state index contributed by atoms with van der Waals surface area (Å²) >= 11 is 0. The van der Waals surface area contributed by atoms with Crippen LogP contribution in [0.25, 0.3) is 11.4 Å². The third kappa shape index (κ3) is 2.53. The molecular formula is C12H14N4. The number of benzene rings is 1. The third-order valence-electron chi connectivity index (χ3n) is 2.02. The van der Waals surface area contributed by atoms with Gasteiger partial charge in [-0.05, 0) is 13.8 Å². The van der Waals surface area contributed by atoms with Gasteiger partial charge in [0.25, 0.3) is 0 Å². The summed E-state index contributed by atoms with van der Waals surface area (Å²) in [6.45, 7) is 4.10. The Morgan fingerprint density at radius 2 is 1.81 bits per heavy atom. The molecule has 0 fully saturated rings. The largest absolute Gasteiger partial charge is 0.352 e. The van der Waals surface area contributed by atoms with E-state index in [1.54, 1.807) is 0 Å². The lowest BCUT2D eigenvalue weighted by Crippen LogP contribution is -2.13. The Labute approximate surface area is 94.8 Å². The summed E-state index contributed by atoms with van der Waals surface area (Å²) in [6.07, 6.45) is 1.53. The standard InChI is InChI=1S/C12H14N4/c1-9(2)15-12-14-8-13-11(16-12)10-6-4-3-5-7-10/h3-9H,1-2H3,(H,13,14,15,16). The summed E-state index contributed by atoms with van der Waals surface area (Å²) in [7, 11) is 0. The highest BCUT2D eigenvalue weighted by molar-refractivity contribution is 5.55. The van der Waals surface area contributed by atoms with Crippen LogP contribution >= 0.6 is 0 Å². The molecule has 1 heterocycles. The summed E-state index contributed by atoms with van der Waals surface area (Å²) in [6, 6.07) is 10.2. The monoisotopic (exact) mass is 214 g/mol. The Hall–Kier alpha value is -1.97. The van der Waals surface area contributed by atoms with Crippen LogP contribution in [0.15, 0.2) is 36.7 Å². The molecule has 1 N–H and O–H groups in total. The van der Waals surface area contributed by atoms with Crippen molar-refractivity contribution in [1.82, 2.24) is 15.0 Å². The smallest absolute Gasteiger partial charge is 0.226 e. The van der Waals surface area contributed by atoms with E-state index in [4.69, 9.17) is 0 Å². The van der Waals surface area contributed by atoms with Crippen LogP contribution in [0.2, 0.25) is 0 Å². The second-order valence-electron chi connectivity index (χ2n) is 3.80. The van der Waals surface area contributed by atoms with E-state index < -0.39 is 0 Å². The molecule has 82 valence electrons. The molecule has 2 rings (SSSR count). The predicted octanol–water partition coefficient (Wildman–Crippen LogP) is 2.36. The molecule has 16 heavy (non-hydrogen) atoms. The van der Waals surface area contributed by atoms with Crippen LogP contribution in [0.3, 0.4) is 0 Å². The highest BCUT2D eigenvalue weighted by atomic mass is 15.1. The second-order valence-corrected chi connectivity index (χ2v) is 3.80. The Morgan fingerprint density at radius 1 is 1.06 bits per heavy atom. The van der Waals surface area contributed by atoms with Gasteiger partial charge in [-0.15, -0.1) is 0 Å². The molecule has 0 aliphatic carbocycles. The van der Waals surface area contributed by atoms with Crippen molar-refractivity contribution in [2.75, 3.05) is 5.32 Å². The first-order valence-corrected chi connectivity index (χ1v) is 5.26. The maximum atomic E-state index is 4.35. The molecule has 1 aromatic carbocycles. The Balaban J connectivity index is 2.29. The minimum atomic E-state index is 0.311. The van der Waals surface area contributed by atoms with Gasteiger partial charge in [-0.2, -0.15) is 4.98 Å². The fourth-order valence-corrected chi connectivity index (χ4v) is 1.35. The van der Waals surface area contributed by atoms with Crippen LogP contribution in [-0.2, 0) is 0 Å². The van der Waals surface area contributed by atoms with Crippen molar-refractivity contribution in [2.45, 2.75) is 19.9 Å². The zero-order valence-corrected chi connectivity index (χ0v) is 9.38. The van der Waals surface area contributed by atoms with Gasteiger partial charge in [0.05, 0.1) is 0 Å². The number of hydrogen-bond donors (Lipinski definition) is 1. The van der Waals surface area contributed by atoms with Crippen LogP contribution in [0.1, 0.15) is 13.8 Å². The zero-order valence-electron chi connectivity index (χ0n) is 9.38. The highest BCUT2D eigenvalue weighted by Crippen LogP contribution is 2.14. The average molecular weight is 214 g/mol. The Bertz CT molecular complexity index is 454. The van der Waals surface area contributed by atoms with Gasteiger partial charge in [0.1, 0.15) is 6.33 Å². The van der Waals surface area contributed by atoms with Crippen LogP contribution in [0.4, 0.5) is 5.95 Å². The van der Waals surface area contributed by atoms with Crippen molar-refractivity contribution in [1.29, 1.82) is 0 Å². The maximum absolute atomic E-state index is 4.35. The molecule has 0 amide bonds. The molecule has 0 saturated heterocycles. The van der Waals surface area contributed by atoms with Gasteiger partial charge in [-0.1, -0.05) is 30.3 Å². The van der Waals surface area contributed by atoms with Crippen molar-refractivity contribution in [3.8, 4) is 11.4 Å². The number of aromatic nitrogens is 3. The number of anilines is 1. The van der Waals surface area contributed by atoms with E-state index in [1.807, 2.05) is 44.2 Å². The molecule has 0 saturated carbocycles. The van der Waals surface area contributed by atoms with Crippen molar-refractivity contribution < 1.29 is 0 Å². The lowest BCUT2D eigenvalue weighted by Gasteiger charge is -2.08. The molecule has 0 radical (unpaired) electrons. The van der Waals surface area contributed by atoms with E-state index in [-0.39, 0.29) is 0 Å². The molecule has 1 aromatic heterocycles. The summed E-state index contributed by atoms with van der Waals surface area (Å²) in [4.78, 5) is 12.6. The number of nitrogens with one attached hydrogen (secondary N) is 1. The zero-order chi connectivity index (χ0) is 11.4. The van der Waals surface area contributed by atoms with Gasteiger partial charge < -0.3 is 5.32 Å². The van der Waals surface area contributed by atoms with Gasteiger partial charge in [-0.25, -0.2) is 9.97 Å². The van der Waals surface area contributed by atoms with Crippen molar-refractivity contribution in [3.05, 3.63) is 36.7 Å². The first-order valence-electron chi connectivity index (χ1n) is 5.26. The minimum Gasteiger partial charge on any atom is -0.352 e. The second kappa shape index (κ2) is 4.70. The first-order chi connectivity index (χ1) is 7.75. The molecule has 2 aromatic rings. The highest BCUT2D eigenvalue weighted by Gasteiger charge is 2.03. The summed E-state index contributed by atoms with van der Waals surface area (Å²) in [5.41, 5.74) is 0.997. The van der Waals surface area contributed by atoms with Crippen molar-refractivity contribution >= 4 is 5.95 Å². The molecule has 4 heteroatoms. The molecule has 4 nitrogen and oxygen atoms in total. The molecule has 0 spiro atoms. The molecule has 0 unspecified atom stereocenters. The fraction of sp³-hybridized carbons (Fsp3) is 0.250. The lowest BCUT2D eigenvalue weighted by molar-refractivity contribution is 0.868. The number of rotatable bonds is 3. The molecule has 0 aliphatic heterocycles. The van der Waals surface area contributed by atoms with E-state index in [9.17, 15) is 0 Å². The number of hydrogen-bond acceptors (Lipinski definition) is 4. The van der Waals surface area contributed by atoms with Crippen molar-refractivity contribution in [2.24, 2.45) is 0 Å². The van der Waals surface area contributed by atoms with Gasteiger partial charge >= 0.3 is 0 Å². The number of nitrogens with zero attached hydrogens (tertiary/aromatic N) is 3. The molecule has 0 bridgehead atoms. The van der Waals surface area contributed by atoms with Crippen LogP contribution < -0.4 is 5.32 Å². The Kier molecular flexibility index (Phi) is 3.10. The average Bonchev–Trinajstić information content (AvgIpc) is 2.30. The van der Waals surface area contributed by atoms with E-state index in [0.29, 0.717) is 17.8 Å². The third-order valence-corrected chi connectivity index (χ3v) is 2.02. The van der Waals surface area contributed by atoms with Crippen molar-refractivity contribution in [3.63, 3.8) is 0 Å². The lowest BCUT2D eigenvalue weighted by atomic mass is 10.2. The normalized spacial score (nSPS) is 10.4. The summed E-state index contributed by atoms with van der Waals surface area (Å²) in [5.74, 6) is 1.31. The molecule has 0 atom stereocenters. The van der Waals surface area contributed by atoms with Gasteiger partial charge in [0, 0.05) is 11.6 Å². The van der Waals surface area contributed by atoms with E-state index >= 15 is 0 Å². The molecule has 0 aliphatic rings. The van der Waals surface area contributed by atoms with E-state index in [0.717, 1.165) is 5.56 Å². The molecular weight excluding hydrogens is 200 g/mol. The van der Waals surface area contributed by atoms with Crippen LogP contribution in [-0.4, -0.2) is 21.0 Å². The van der Waals surface area contributed by atoms with E-state index in [2.05, 4.69) is 20.3 Å². The Morgan fingerprint density at radius 3 is 2.50 bits per heavy atom. The predicted molar refractivity (Wildman–Crippen MR) is 64.0 cm³/mol. The first kappa shape index (κ1) is 10.5. The fourth-order valence-electron chi connectivity index (χ4n) is 1.35. The summed E-state index contributed by atoms with van der Waals surface area (Å²) < 4.78 is 0. The van der Waals surface area contributed by atoms with Gasteiger partial charge in [-0.3, -0.25) is 0 Å². The SMILES string of the molecule is CC(C)Nc1ncnc(-c2ccccc2)n1. The maximum Gasteiger partial charge on any atom is 0.226 e. The van der Waals surface area contributed by atoms with Crippen LogP contribution in [0, 0.1) is 0 Å². The van der Waals surface area contributed by atoms with Gasteiger partial charge in [0.2, 0.25) is 5.95 Å². The topological polar surface area (TPSA) is 50.7 Å². The summed E-state index contributed by atoms with van der Waals surface area (Å²) in [5, 5.41) is 3.15. The van der Waals surface area contributed by atoms with Gasteiger partial charge in [0.15, 0.2) is 5.82 Å². The van der Waals surface area contributed by atoms with E-state index in [1.165, 1.54) is 6.33 Å². The quantitative estimate of drug-likeness (QED) is 0.852. The van der Waals surface area contributed by atoms with Crippen LogP contribution in [0.5, 0.6) is 0 Å².